The molecule has 0 aromatic heterocycles. The molecule has 0 radical (unpaired) electrons. The van der Waals surface area contributed by atoms with Crippen LogP contribution in [0.15, 0.2) is 24.3 Å². The smallest absolute Gasteiger partial charge is 0.408 e. The Morgan fingerprint density at radius 3 is 2.19 bits per heavy atom. The number of benzene rings is 1. The van der Waals surface area contributed by atoms with Crippen molar-refractivity contribution in [2.24, 2.45) is 0 Å². The largest absolute Gasteiger partial charge is 0.444 e. The minimum Gasteiger partial charge on any atom is -0.444 e. The number of hydrogen-bond donors (Lipinski definition) is 2. The zero-order chi connectivity index (χ0) is 16.2. The highest BCUT2D eigenvalue weighted by Gasteiger charge is 2.29. The molecule has 0 saturated carbocycles. The van der Waals surface area contributed by atoms with Gasteiger partial charge in [0.1, 0.15) is 23.6 Å². The number of carbonyl (C=O) groups excluding carboxylic acids is 2. The van der Waals surface area contributed by atoms with Gasteiger partial charge in [-0.05, 0) is 45.4 Å². The van der Waals surface area contributed by atoms with Crippen molar-refractivity contribution in [3.8, 4) is 0 Å². The van der Waals surface area contributed by atoms with Crippen molar-refractivity contribution < 1.29 is 23.8 Å². The summed E-state index contributed by atoms with van der Waals surface area (Å²) < 4.78 is 17.9. The van der Waals surface area contributed by atoms with Gasteiger partial charge < -0.3 is 15.2 Å². The molecule has 0 heterocycles. The van der Waals surface area contributed by atoms with Crippen LogP contribution >= 0.6 is 0 Å². The summed E-state index contributed by atoms with van der Waals surface area (Å²) in [6.07, 6.45) is -2.08. The van der Waals surface area contributed by atoms with Crippen LogP contribution in [0.3, 0.4) is 0 Å². The molecule has 2 atom stereocenters. The zero-order valence-corrected chi connectivity index (χ0v) is 12.5. The van der Waals surface area contributed by atoms with Gasteiger partial charge in [0.25, 0.3) is 0 Å². The maximum atomic E-state index is 12.9. The van der Waals surface area contributed by atoms with E-state index in [0.717, 1.165) is 0 Å². The molecule has 0 bridgehead atoms. The van der Waals surface area contributed by atoms with Crippen LogP contribution in [0, 0.1) is 5.82 Å². The van der Waals surface area contributed by atoms with Gasteiger partial charge in [-0.15, -0.1) is 0 Å². The summed E-state index contributed by atoms with van der Waals surface area (Å²) in [5.41, 5.74) is -0.389. The normalized spacial score (nSPS) is 14.2. The summed E-state index contributed by atoms with van der Waals surface area (Å²) in [6, 6.07) is 3.89. The van der Waals surface area contributed by atoms with E-state index >= 15 is 0 Å². The van der Waals surface area contributed by atoms with E-state index in [2.05, 4.69) is 5.32 Å². The Labute approximate surface area is 123 Å². The molecule has 0 fully saturated rings. The van der Waals surface area contributed by atoms with E-state index in [4.69, 9.17) is 4.74 Å². The summed E-state index contributed by atoms with van der Waals surface area (Å²) in [7, 11) is 0. The van der Waals surface area contributed by atoms with E-state index in [0.29, 0.717) is 5.56 Å². The standard InChI is InChI=1S/C15H20FNO4/c1-9(18)12(17-14(20)21-15(2,3)4)13(19)10-5-7-11(16)8-6-10/h5-8,12-13,19H,1-4H3,(H,17,20)/t12-,13-/m0/s1. The monoisotopic (exact) mass is 297 g/mol. The highest BCUT2D eigenvalue weighted by Crippen LogP contribution is 2.18. The SMILES string of the molecule is CC(=O)[C@H](NC(=O)OC(C)(C)C)[C@@H](O)c1ccc(F)cc1. The van der Waals surface area contributed by atoms with Crippen molar-refractivity contribution in [1.29, 1.82) is 0 Å². The summed E-state index contributed by atoms with van der Waals surface area (Å²) >= 11 is 0. The molecule has 0 unspecified atom stereocenters. The lowest BCUT2D eigenvalue weighted by molar-refractivity contribution is -0.121. The number of ketones is 1. The van der Waals surface area contributed by atoms with Crippen LogP contribution < -0.4 is 5.32 Å². The van der Waals surface area contributed by atoms with Crippen molar-refractivity contribution in [1.82, 2.24) is 5.32 Å². The summed E-state index contributed by atoms with van der Waals surface area (Å²) in [5.74, 6) is -0.886. The first-order valence-electron chi connectivity index (χ1n) is 6.53. The predicted octanol–water partition coefficient (Wildman–Crippen LogP) is 2.34. The van der Waals surface area contributed by atoms with Crippen molar-refractivity contribution >= 4 is 11.9 Å². The lowest BCUT2D eigenvalue weighted by Crippen LogP contribution is -2.46. The number of rotatable bonds is 4. The van der Waals surface area contributed by atoms with Gasteiger partial charge in [0.15, 0.2) is 5.78 Å². The predicted molar refractivity (Wildman–Crippen MR) is 75.2 cm³/mol. The number of nitrogens with one attached hydrogen (secondary N) is 1. The molecular formula is C15H20FNO4. The second-order valence-electron chi connectivity index (χ2n) is 5.73. The van der Waals surface area contributed by atoms with Crippen LogP contribution in [0.4, 0.5) is 9.18 Å². The van der Waals surface area contributed by atoms with Crippen molar-refractivity contribution in [3.05, 3.63) is 35.6 Å². The van der Waals surface area contributed by atoms with Crippen LogP contribution in [0.25, 0.3) is 0 Å². The third-order valence-corrected chi connectivity index (χ3v) is 2.64. The van der Waals surface area contributed by atoms with Gasteiger partial charge in [0.2, 0.25) is 0 Å². The molecule has 1 rings (SSSR count). The maximum absolute atomic E-state index is 12.9. The fourth-order valence-electron chi connectivity index (χ4n) is 1.69. The Balaban J connectivity index is 2.84. The first-order chi connectivity index (χ1) is 9.60. The Morgan fingerprint density at radius 1 is 1.24 bits per heavy atom. The maximum Gasteiger partial charge on any atom is 0.408 e. The molecule has 5 nitrogen and oxygen atoms in total. The lowest BCUT2D eigenvalue weighted by atomic mass is 9.99. The molecule has 1 amide bonds. The van der Waals surface area contributed by atoms with E-state index in [1.807, 2.05) is 0 Å². The summed E-state index contributed by atoms with van der Waals surface area (Å²) in [6.45, 7) is 6.30. The number of halogens is 1. The number of Topliss-reactive ketones (excluding diaryl/α,β-unsaturated/α-hetero) is 1. The number of ether oxygens (including phenoxy) is 1. The molecule has 0 aliphatic carbocycles. The molecule has 0 aliphatic rings. The van der Waals surface area contributed by atoms with Crippen LogP contribution in [0.2, 0.25) is 0 Å². The lowest BCUT2D eigenvalue weighted by Gasteiger charge is -2.25. The van der Waals surface area contributed by atoms with Gasteiger partial charge in [0, 0.05) is 0 Å². The number of carbonyl (C=O) groups is 2. The van der Waals surface area contributed by atoms with E-state index in [-0.39, 0.29) is 0 Å². The van der Waals surface area contributed by atoms with Gasteiger partial charge in [0.05, 0.1) is 0 Å². The highest BCUT2D eigenvalue weighted by atomic mass is 19.1. The summed E-state index contributed by atoms with van der Waals surface area (Å²) in [4.78, 5) is 23.3. The van der Waals surface area contributed by atoms with Crippen molar-refractivity contribution in [2.75, 3.05) is 0 Å². The number of alkyl carbamates (subject to hydrolysis) is 1. The molecule has 1 aromatic rings. The third-order valence-electron chi connectivity index (χ3n) is 2.64. The Kier molecular flexibility index (Phi) is 5.43. The molecule has 2 N–H and O–H groups in total. The Hall–Kier alpha value is -1.95. The average molecular weight is 297 g/mol. The number of aliphatic hydroxyl groups is 1. The Bertz CT molecular complexity index is 507. The molecule has 1 aromatic carbocycles. The molecule has 21 heavy (non-hydrogen) atoms. The molecule has 116 valence electrons. The molecule has 0 spiro atoms. The molecule has 6 heteroatoms. The Morgan fingerprint density at radius 2 is 1.76 bits per heavy atom. The van der Waals surface area contributed by atoms with Crippen LogP contribution in [-0.2, 0) is 9.53 Å². The fraction of sp³-hybridized carbons (Fsp3) is 0.467. The third kappa shape index (κ3) is 5.51. The van der Waals surface area contributed by atoms with Crippen LogP contribution in [-0.4, -0.2) is 28.6 Å². The number of hydrogen-bond acceptors (Lipinski definition) is 4. The second-order valence-corrected chi connectivity index (χ2v) is 5.73. The van der Waals surface area contributed by atoms with Gasteiger partial charge in [-0.25, -0.2) is 9.18 Å². The highest BCUT2D eigenvalue weighted by molar-refractivity contribution is 5.86. The molecule has 0 saturated heterocycles. The molecule has 0 aliphatic heterocycles. The quantitative estimate of drug-likeness (QED) is 0.894. The second kappa shape index (κ2) is 6.67. The van der Waals surface area contributed by atoms with Crippen LogP contribution in [0.1, 0.15) is 39.4 Å². The van der Waals surface area contributed by atoms with Crippen molar-refractivity contribution in [3.63, 3.8) is 0 Å². The van der Waals surface area contributed by atoms with Gasteiger partial charge in [-0.1, -0.05) is 12.1 Å². The fourth-order valence-corrected chi connectivity index (χ4v) is 1.69. The topological polar surface area (TPSA) is 75.6 Å². The zero-order valence-electron chi connectivity index (χ0n) is 12.5. The van der Waals surface area contributed by atoms with E-state index < -0.39 is 35.4 Å². The number of amides is 1. The average Bonchev–Trinajstić information content (AvgIpc) is 2.33. The van der Waals surface area contributed by atoms with Gasteiger partial charge in [-0.2, -0.15) is 0 Å². The first kappa shape index (κ1) is 17.1. The number of aliphatic hydroxyl groups excluding tert-OH is 1. The van der Waals surface area contributed by atoms with E-state index in [1.54, 1.807) is 20.8 Å². The summed E-state index contributed by atoms with van der Waals surface area (Å²) in [5, 5.41) is 12.5. The molecular weight excluding hydrogens is 277 g/mol. The van der Waals surface area contributed by atoms with E-state index in [1.165, 1.54) is 31.2 Å². The minimum atomic E-state index is -1.28. The van der Waals surface area contributed by atoms with Gasteiger partial charge >= 0.3 is 6.09 Å². The van der Waals surface area contributed by atoms with Crippen LogP contribution in [0.5, 0.6) is 0 Å². The van der Waals surface area contributed by atoms with E-state index in [9.17, 15) is 19.1 Å². The minimum absolute atomic E-state index is 0.327. The van der Waals surface area contributed by atoms with Crippen molar-refractivity contribution in [2.45, 2.75) is 45.4 Å². The first-order valence-corrected chi connectivity index (χ1v) is 6.53. The van der Waals surface area contributed by atoms with Gasteiger partial charge in [-0.3, -0.25) is 4.79 Å².